The Morgan fingerprint density at radius 1 is 1.23 bits per heavy atom. The van der Waals surface area contributed by atoms with Gasteiger partial charge in [0.05, 0.1) is 6.61 Å². The largest absolute Gasteiger partial charge is 0.368 e. The number of rotatable bonds is 1. The first-order valence-corrected chi connectivity index (χ1v) is 5.14. The lowest BCUT2D eigenvalue weighted by Crippen LogP contribution is -2.49. The number of ether oxygens (including phenoxy) is 1. The summed E-state index contributed by atoms with van der Waals surface area (Å²) in [6, 6.07) is 0.818. The molecule has 3 heteroatoms. The van der Waals surface area contributed by atoms with Crippen molar-refractivity contribution in [1.29, 1.82) is 0 Å². The van der Waals surface area contributed by atoms with Gasteiger partial charge in [0, 0.05) is 18.5 Å². The summed E-state index contributed by atoms with van der Waals surface area (Å²) >= 11 is 0. The van der Waals surface area contributed by atoms with Crippen LogP contribution in [0.25, 0.3) is 0 Å². The number of hydrogen-bond acceptors (Lipinski definition) is 2. The molecule has 2 fully saturated rings. The predicted octanol–water partition coefficient (Wildman–Crippen LogP) is 1.17. The predicted molar refractivity (Wildman–Crippen MR) is 49.4 cm³/mol. The maximum absolute atomic E-state index is 11.8. The summed E-state index contributed by atoms with van der Waals surface area (Å²) in [5.41, 5.74) is 0. The van der Waals surface area contributed by atoms with Crippen LogP contribution >= 0.6 is 0 Å². The van der Waals surface area contributed by atoms with Gasteiger partial charge in [-0.2, -0.15) is 0 Å². The van der Waals surface area contributed by atoms with Crippen LogP contribution < -0.4 is 0 Å². The molecule has 0 aliphatic carbocycles. The number of hydrogen-bond donors (Lipinski definition) is 0. The molecule has 0 spiro atoms. The third kappa shape index (κ3) is 1.46. The quantitative estimate of drug-likeness (QED) is 0.611. The van der Waals surface area contributed by atoms with Gasteiger partial charge in [0.1, 0.15) is 6.10 Å². The van der Waals surface area contributed by atoms with Gasteiger partial charge in [0.15, 0.2) is 0 Å². The molecular weight excluding hydrogens is 166 g/mol. The van der Waals surface area contributed by atoms with Gasteiger partial charge in [-0.3, -0.25) is 4.79 Å². The molecule has 1 amide bonds. The van der Waals surface area contributed by atoms with Crippen molar-refractivity contribution in [1.82, 2.24) is 4.90 Å². The van der Waals surface area contributed by atoms with Crippen molar-refractivity contribution in [2.75, 3.05) is 6.61 Å². The van der Waals surface area contributed by atoms with Crippen molar-refractivity contribution in [3.63, 3.8) is 0 Å². The van der Waals surface area contributed by atoms with Crippen LogP contribution in [0.4, 0.5) is 0 Å². The molecule has 2 aliphatic heterocycles. The zero-order chi connectivity index (χ0) is 9.42. The summed E-state index contributed by atoms with van der Waals surface area (Å²) in [4.78, 5) is 13.9. The molecule has 2 heterocycles. The van der Waals surface area contributed by atoms with Gasteiger partial charge in [-0.15, -0.1) is 0 Å². The maximum Gasteiger partial charge on any atom is 0.252 e. The molecule has 2 saturated heterocycles. The van der Waals surface area contributed by atoms with E-state index in [9.17, 15) is 4.79 Å². The van der Waals surface area contributed by atoms with Crippen molar-refractivity contribution in [2.24, 2.45) is 0 Å². The highest BCUT2D eigenvalue weighted by Gasteiger charge is 2.37. The normalized spacial score (nSPS) is 38.9. The minimum absolute atomic E-state index is 0.122. The van der Waals surface area contributed by atoms with Gasteiger partial charge in [-0.1, -0.05) is 0 Å². The lowest BCUT2D eigenvalue weighted by atomic mass is 10.1. The minimum atomic E-state index is -0.122. The lowest BCUT2D eigenvalue weighted by molar-refractivity contribution is -0.158. The molecule has 0 radical (unpaired) electrons. The fourth-order valence-corrected chi connectivity index (χ4v) is 2.23. The minimum Gasteiger partial charge on any atom is -0.368 e. The van der Waals surface area contributed by atoms with E-state index in [2.05, 4.69) is 13.8 Å². The van der Waals surface area contributed by atoms with Crippen LogP contribution in [-0.4, -0.2) is 35.6 Å². The van der Waals surface area contributed by atoms with Crippen molar-refractivity contribution in [3.8, 4) is 0 Å². The van der Waals surface area contributed by atoms with E-state index in [0.29, 0.717) is 12.1 Å². The van der Waals surface area contributed by atoms with Crippen LogP contribution in [0, 0.1) is 0 Å². The first kappa shape index (κ1) is 9.00. The summed E-state index contributed by atoms with van der Waals surface area (Å²) in [7, 11) is 0. The van der Waals surface area contributed by atoms with E-state index in [1.165, 1.54) is 0 Å². The summed E-state index contributed by atoms with van der Waals surface area (Å²) in [5.74, 6) is 0.212. The molecule has 0 aromatic heterocycles. The SMILES string of the molecule is CC1CCC(C)N1C(=O)C1CCO1. The summed E-state index contributed by atoms with van der Waals surface area (Å²) in [6.07, 6.45) is 3.07. The number of carbonyl (C=O) groups is 1. The molecule has 0 saturated carbocycles. The third-order valence-electron chi connectivity index (χ3n) is 3.18. The van der Waals surface area contributed by atoms with Crippen molar-refractivity contribution < 1.29 is 9.53 Å². The van der Waals surface area contributed by atoms with Gasteiger partial charge in [-0.25, -0.2) is 0 Å². The molecule has 3 atom stereocenters. The van der Waals surface area contributed by atoms with Crippen molar-refractivity contribution >= 4 is 5.91 Å². The Morgan fingerprint density at radius 2 is 1.77 bits per heavy atom. The van der Waals surface area contributed by atoms with E-state index < -0.39 is 0 Å². The van der Waals surface area contributed by atoms with E-state index in [1.807, 2.05) is 4.90 Å². The zero-order valence-corrected chi connectivity index (χ0v) is 8.32. The Bertz CT molecular complexity index is 203. The van der Waals surface area contributed by atoms with E-state index >= 15 is 0 Å². The van der Waals surface area contributed by atoms with E-state index in [0.717, 1.165) is 25.9 Å². The lowest BCUT2D eigenvalue weighted by Gasteiger charge is -2.34. The zero-order valence-electron chi connectivity index (χ0n) is 8.32. The number of nitrogens with zero attached hydrogens (tertiary/aromatic N) is 1. The molecule has 74 valence electrons. The smallest absolute Gasteiger partial charge is 0.252 e. The van der Waals surface area contributed by atoms with Gasteiger partial charge < -0.3 is 9.64 Å². The number of amides is 1. The average Bonchev–Trinajstić information content (AvgIpc) is 2.27. The topological polar surface area (TPSA) is 29.5 Å². The highest BCUT2D eigenvalue weighted by molar-refractivity contribution is 5.82. The highest BCUT2D eigenvalue weighted by Crippen LogP contribution is 2.26. The van der Waals surface area contributed by atoms with Gasteiger partial charge in [-0.05, 0) is 26.7 Å². The summed E-state index contributed by atoms with van der Waals surface area (Å²) in [6.45, 7) is 5.01. The fraction of sp³-hybridized carbons (Fsp3) is 0.900. The van der Waals surface area contributed by atoms with E-state index in [4.69, 9.17) is 4.74 Å². The molecule has 3 unspecified atom stereocenters. The van der Waals surface area contributed by atoms with Crippen LogP contribution in [0.1, 0.15) is 33.1 Å². The van der Waals surface area contributed by atoms with E-state index in [1.54, 1.807) is 0 Å². The number of carbonyl (C=O) groups excluding carboxylic acids is 1. The Morgan fingerprint density at radius 3 is 2.15 bits per heavy atom. The second-order valence-corrected chi connectivity index (χ2v) is 4.17. The second-order valence-electron chi connectivity index (χ2n) is 4.17. The molecule has 2 aliphatic rings. The molecular formula is C10H17NO2. The van der Waals surface area contributed by atoms with Gasteiger partial charge in [0.2, 0.25) is 0 Å². The standard InChI is InChI=1S/C10H17NO2/c1-7-3-4-8(2)11(7)10(12)9-5-6-13-9/h7-9H,3-6H2,1-2H3. The van der Waals surface area contributed by atoms with Gasteiger partial charge in [0.25, 0.3) is 5.91 Å². The second kappa shape index (κ2) is 3.29. The Balaban J connectivity index is 2.01. The maximum atomic E-state index is 11.8. The molecule has 13 heavy (non-hydrogen) atoms. The van der Waals surface area contributed by atoms with Gasteiger partial charge >= 0.3 is 0 Å². The summed E-state index contributed by atoms with van der Waals surface area (Å²) in [5, 5.41) is 0. The monoisotopic (exact) mass is 183 g/mol. The molecule has 0 N–H and O–H groups in total. The van der Waals surface area contributed by atoms with Crippen LogP contribution in [0.5, 0.6) is 0 Å². The third-order valence-corrected chi connectivity index (χ3v) is 3.18. The Labute approximate surface area is 79.0 Å². The van der Waals surface area contributed by atoms with Crippen LogP contribution in [0.15, 0.2) is 0 Å². The molecule has 2 rings (SSSR count). The van der Waals surface area contributed by atoms with E-state index in [-0.39, 0.29) is 12.0 Å². The number of likely N-dealkylation sites (tertiary alicyclic amines) is 1. The summed E-state index contributed by atoms with van der Waals surface area (Å²) < 4.78 is 5.21. The average molecular weight is 183 g/mol. The Hall–Kier alpha value is -0.570. The van der Waals surface area contributed by atoms with Crippen LogP contribution in [0.3, 0.4) is 0 Å². The Kier molecular flexibility index (Phi) is 2.28. The highest BCUT2D eigenvalue weighted by atomic mass is 16.5. The molecule has 3 nitrogen and oxygen atoms in total. The molecule has 0 aromatic rings. The first-order chi connectivity index (χ1) is 6.20. The van der Waals surface area contributed by atoms with Crippen molar-refractivity contribution in [2.45, 2.75) is 51.3 Å². The fourth-order valence-electron chi connectivity index (χ4n) is 2.23. The molecule has 0 aromatic carbocycles. The first-order valence-electron chi connectivity index (χ1n) is 5.14. The van der Waals surface area contributed by atoms with Crippen LogP contribution in [-0.2, 0) is 9.53 Å². The van der Waals surface area contributed by atoms with Crippen LogP contribution in [0.2, 0.25) is 0 Å². The molecule has 0 bridgehead atoms. The van der Waals surface area contributed by atoms with Crippen molar-refractivity contribution in [3.05, 3.63) is 0 Å².